The minimum absolute atomic E-state index is 0.0142. The van der Waals surface area contributed by atoms with Gasteiger partial charge < -0.3 is 15.3 Å². The molecule has 0 bridgehead atoms. The van der Waals surface area contributed by atoms with Gasteiger partial charge in [-0.15, -0.1) is 0 Å². The average molecular weight is 788 g/mol. The summed E-state index contributed by atoms with van der Waals surface area (Å²) in [5.74, 6) is -3.05. The topological polar surface area (TPSA) is 151 Å². The number of aromatic nitrogens is 3. The van der Waals surface area contributed by atoms with Gasteiger partial charge in [-0.05, 0) is 111 Å². The van der Waals surface area contributed by atoms with E-state index < -0.39 is 17.9 Å². The lowest BCUT2D eigenvalue weighted by atomic mass is 9.66. The summed E-state index contributed by atoms with van der Waals surface area (Å²) in [6.07, 6.45) is 7.41. The van der Waals surface area contributed by atoms with Gasteiger partial charge in [0.1, 0.15) is 17.1 Å². The number of carboxylic acids is 3. The molecule has 0 aliphatic heterocycles. The SMILES string of the molecule is CC(C)(C)c1ccc(C2CC(c3ccccc3-c3ccc(C(=O)O)nc3)CC(c3ccc(C(C)(C)C)cc3-c3ccc(C(=O)O)nc3)C2)c(-c2ccc(C(=O)O)nc2)c1. The molecule has 3 aromatic carbocycles. The van der Waals surface area contributed by atoms with Gasteiger partial charge in [-0.3, -0.25) is 0 Å². The van der Waals surface area contributed by atoms with Crippen LogP contribution in [-0.4, -0.2) is 48.2 Å². The molecule has 3 heterocycles. The van der Waals surface area contributed by atoms with E-state index in [9.17, 15) is 29.7 Å². The van der Waals surface area contributed by atoms with Crippen molar-refractivity contribution in [1.82, 2.24) is 15.0 Å². The van der Waals surface area contributed by atoms with Crippen molar-refractivity contribution in [2.75, 3.05) is 0 Å². The summed E-state index contributed by atoms with van der Waals surface area (Å²) in [6, 6.07) is 31.8. The fourth-order valence-corrected chi connectivity index (χ4v) is 8.49. The number of benzene rings is 3. The lowest BCUT2D eigenvalue weighted by molar-refractivity contribution is 0.0680. The highest BCUT2D eigenvalue weighted by Crippen LogP contribution is 2.53. The summed E-state index contributed by atoms with van der Waals surface area (Å²) in [5, 5.41) is 28.9. The van der Waals surface area contributed by atoms with Gasteiger partial charge in [-0.2, -0.15) is 0 Å². The first-order valence-electron chi connectivity index (χ1n) is 19.9. The van der Waals surface area contributed by atoms with Crippen LogP contribution in [0, 0.1) is 0 Å². The van der Waals surface area contributed by atoms with Gasteiger partial charge in [0.05, 0.1) is 0 Å². The summed E-state index contributed by atoms with van der Waals surface area (Å²) in [4.78, 5) is 48.2. The molecule has 0 spiro atoms. The number of carboxylic acid groups (broad SMARTS) is 3. The largest absolute Gasteiger partial charge is 0.477 e. The van der Waals surface area contributed by atoms with Gasteiger partial charge in [0.15, 0.2) is 0 Å². The first-order chi connectivity index (χ1) is 28.0. The smallest absolute Gasteiger partial charge is 0.354 e. The standard InChI is InChI=1S/C50H49N3O6/c1-49(2,3)35-14-16-39(41(24-35)30-12-19-44(47(56)57)52-27-30)33-21-32(38-10-8-7-9-37(38)29-11-18-43(46(54)55)51-26-29)22-34(23-33)40-17-15-36(50(4,5)6)25-42(40)31-13-20-45(48(58)59)53-28-31/h7-20,24-28,32-34H,21-23H2,1-6H3,(H,54,55)(H,56,57)(H,58,59). The van der Waals surface area contributed by atoms with Crippen LogP contribution in [0.15, 0.2) is 116 Å². The van der Waals surface area contributed by atoms with E-state index in [-0.39, 0.29) is 45.7 Å². The Bertz CT molecular complexity index is 2400. The van der Waals surface area contributed by atoms with Crippen molar-refractivity contribution in [1.29, 1.82) is 0 Å². The molecule has 2 atom stereocenters. The molecule has 0 saturated heterocycles. The van der Waals surface area contributed by atoms with Gasteiger partial charge in [0, 0.05) is 35.3 Å². The van der Waals surface area contributed by atoms with Crippen molar-refractivity contribution >= 4 is 17.9 Å². The summed E-state index contributed by atoms with van der Waals surface area (Å²) in [6.45, 7) is 13.1. The zero-order valence-electron chi connectivity index (χ0n) is 34.2. The van der Waals surface area contributed by atoms with Gasteiger partial charge in [-0.1, -0.05) is 120 Å². The van der Waals surface area contributed by atoms with Crippen molar-refractivity contribution in [2.45, 2.75) is 89.4 Å². The summed E-state index contributed by atoms with van der Waals surface area (Å²) in [5.41, 5.74) is 11.0. The second kappa shape index (κ2) is 16.0. The van der Waals surface area contributed by atoms with Crippen molar-refractivity contribution < 1.29 is 29.7 Å². The Morgan fingerprint density at radius 2 is 0.797 bits per heavy atom. The second-order valence-electron chi connectivity index (χ2n) is 17.7. The number of rotatable bonds is 9. The van der Waals surface area contributed by atoms with E-state index in [2.05, 4.69) is 111 Å². The number of hydrogen-bond acceptors (Lipinski definition) is 6. The van der Waals surface area contributed by atoms with Gasteiger partial charge in [0.2, 0.25) is 0 Å². The van der Waals surface area contributed by atoms with Crippen LogP contribution < -0.4 is 0 Å². The van der Waals surface area contributed by atoms with Crippen LogP contribution in [0.5, 0.6) is 0 Å². The lowest BCUT2D eigenvalue weighted by Crippen LogP contribution is -2.22. The number of carbonyl (C=O) groups is 3. The fraction of sp³-hybridized carbons (Fsp3) is 0.280. The molecule has 3 aromatic heterocycles. The molecule has 1 aliphatic carbocycles. The maximum absolute atomic E-state index is 11.8. The molecule has 1 saturated carbocycles. The van der Waals surface area contributed by atoms with Crippen LogP contribution in [0.4, 0.5) is 0 Å². The molecule has 6 aromatic rings. The minimum atomic E-state index is -1.08. The second-order valence-corrected chi connectivity index (χ2v) is 17.7. The lowest BCUT2D eigenvalue weighted by Gasteiger charge is -2.38. The monoisotopic (exact) mass is 787 g/mol. The van der Waals surface area contributed by atoms with Crippen LogP contribution in [0.3, 0.4) is 0 Å². The maximum atomic E-state index is 11.8. The molecule has 59 heavy (non-hydrogen) atoms. The quantitative estimate of drug-likeness (QED) is 0.130. The van der Waals surface area contributed by atoms with Gasteiger partial charge in [-0.25, -0.2) is 29.3 Å². The van der Waals surface area contributed by atoms with E-state index in [4.69, 9.17) is 0 Å². The fourth-order valence-electron chi connectivity index (χ4n) is 8.49. The predicted molar refractivity (Wildman–Crippen MR) is 229 cm³/mol. The highest BCUT2D eigenvalue weighted by Gasteiger charge is 2.36. The highest BCUT2D eigenvalue weighted by atomic mass is 16.4. The molecular weight excluding hydrogens is 739 g/mol. The molecule has 9 heteroatoms. The molecule has 3 N–H and O–H groups in total. The van der Waals surface area contributed by atoms with E-state index >= 15 is 0 Å². The van der Waals surface area contributed by atoms with Crippen LogP contribution in [0.25, 0.3) is 33.4 Å². The third-order valence-corrected chi connectivity index (χ3v) is 11.7. The van der Waals surface area contributed by atoms with E-state index in [1.165, 1.54) is 0 Å². The Balaban J connectivity index is 1.42. The van der Waals surface area contributed by atoms with Gasteiger partial charge in [0.25, 0.3) is 0 Å². The summed E-state index contributed by atoms with van der Waals surface area (Å²) >= 11 is 0. The highest BCUT2D eigenvalue weighted by molar-refractivity contribution is 5.87. The Kier molecular flexibility index (Phi) is 11.1. The Morgan fingerprint density at radius 1 is 0.458 bits per heavy atom. The van der Waals surface area contributed by atoms with Crippen LogP contribution in [0.2, 0.25) is 0 Å². The molecule has 9 nitrogen and oxygen atoms in total. The van der Waals surface area contributed by atoms with Crippen LogP contribution in [0.1, 0.15) is 138 Å². The predicted octanol–water partition coefficient (Wildman–Crippen LogP) is 11.4. The normalized spacial score (nSPS) is 17.0. The molecule has 7 rings (SSSR count). The molecule has 1 aliphatic rings. The zero-order valence-corrected chi connectivity index (χ0v) is 34.2. The number of nitrogens with zero attached hydrogens (tertiary/aromatic N) is 3. The molecule has 0 amide bonds. The van der Waals surface area contributed by atoms with Crippen molar-refractivity contribution in [3.63, 3.8) is 0 Å². The number of aromatic carboxylic acids is 3. The first kappa shape index (κ1) is 40.7. The molecule has 1 fully saturated rings. The Hall–Kier alpha value is -6.48. The first-order valence-corrected chi connectivity index (χ1v) is 19.9. The zero-order chi connectivity index (χ0) is 42.2. The number of hydrogen-bond donors (Lipinski definition) is 3. The van der Waals surface area contributed by atoms with Crippen LogP contribution in [-0.2, 0) is 10.8 Å². The maximum Gasteiger partial charge on any atom is 0.354 e. The summed E-state index contributed by atoms with van der Waals surface area (Å²) in [7, 11) is 0. The van der Waals surface area contributed by atoms with Gasteiger partial charge >= 0.3 is 17.9 Å². The third-order valence-electron chi connectivity index (χ3n) is 11.7. The van der Waals surface area contributed by atoms with Crippen molar-refractivity contribution in [3.05, 3.63) is 161 Å². The Labute approximate surface area is 344 Å². The van der Waals surface area contributed by atoms with Crippen molar-refractivity contribution in [3.8, 4) is 33.4 Å². The molecule has 2 unspecified atom stereocenters. The van der Waals surface area contributed by atoms with Crippen molar-refractivity contribution in [2.24, 2.45) is 0 Å². The van der Waals surface area contributed by atoms with E-state index in [0.717, 1.165) is 80.5 Å². The Morgan fingerprint density at radius 3 is 1.12 bits per heavy atom. The third kappa shape index (κ3) is 8.70. The molecular formula is C50H49N3O6. The van der Waals surface area contributed by atoms with E-state index in [1.54, 1.807) is 36.8 Å². The average Bonchev–Trinajstić information content (AvgIpc) is 3.22. The van der Waals surface area contributed by atoms with E-state index in [0.29, 0.717) is 0 Å². The number of pyridine rings is 3. The van der Waals surface area contributed by atoms with E-state index in [1.807, 2.05) is 24.3 Å². The molecule has 0 radical (unpaired) electrons. The summed E-state index contributed by atoms with van der Waals surface area (Å²) < 4.78 is 0. The molecule has 300 valence electrons. The van der Waals surface area contributed by atoms with Crippen LogP contribution >= 0.6 is 0 Å². The minimum Gasteiger partial charge on any atom is -0.477 e.